The zero-order valence-electron chi connectivity index (χ0n) is 70.8. The summed E-state index contributed by atoms with van der Waals surface area (Å²) in [5, 5.41) is 27.2. The minimum absolute atomic E-state index is 0. The molecule has 0 atom stereocenters. The van der Waals surface area contributed by atoms with E-state index in [1.54, 1.807) is 12.1 Å². The van der Waals surface area contributed by atoms with E-state index < -0.39 is 7.12 Å². The molecule has 16 aromatic carbocycles. The van der Waals surface area contributed by atoms with E-state index in [1.807, 2.05) is 30.3 Å². The molecule has 0 bridgehead atoms. The standard InChI is InChI=1S/C69H48O3.C33H27Br3.C12H9BO3.CH4/c1-67(2)52-31-28-37(40-19-13-22-46-43-16-7-10-25-55(43)70-64(40)46)34-49(52)58-61(67)59-50-35-38(41-20-14-23-47-44-17-8-11-26-56(44)71-65(41)47)29-32-53(50)68(3,4)63(59)60-51-36-39(30-33-54(51)69(5,6)62(58)60)42-21-15-24-48-45-18-9-12-27-57(45)72-66(42)48;1-31(2)22-10-7-16(34)13-19(22)25-28(31)26-20-14-17(35)8-11-23(20)32(3,4)30(26)27-21-15-18(36)9-12-24(21)33(5,6)29(25)27;14-13(15)10-6-3-5-9-8-4-1-2-7-11(8)16-12(9)10;/h7-36H,1-6H3;7-15H,1-6H3;1-7,14-15H;1H4. The average molecular weight is 1820 g/mol. The van der Waals surface area contributed by atoms with Crippen molar-refractivity contribution < 1.29 is 27.7 Å². The number of halogens is 3. The van der Waals surface area contributed by atoms with Gasteiger partial charge in [0.2, 0.25) is 0 Å². The maximum atomic E-state index is 9.24. The molecule has 0 spiro atoms. The van der Waals surface area contributed by atoms with Crippen LogP contribution < -0.4 is 5.46 Å². The van der Waals surface area contributed by atoms with Crippen LogP contribution in [0.5, 0.6) is 0 Å². The zero-order valence-corrected chi connectivity index (χ0v) is 75.6. The van der Waals surface area contributed by atoms with Crippen LogP contribution in [0.15, 0.2) is 310 Å². The molecule has 6 nitrogen and oxygen atoms in total. The average Bonchev–Trinajstić information content (AvgIpc) is 1.47. The van der Waals surface area contributed by atoms with Gasteiger partial charge in [-0.2, -0.15) is 0 Å². The number of para-hydroxylation sites is 8. The van der Waals surface area contributed by atoms with Crippen LogP contribution in [-0.4, -0.2) is 17.2 Å². The van der Waals surface area contributed by atoms with Crippen LogP contribution in [0.25, 0.3) is 188 Å². The normalized spacial score (nSPS) is 15.6. The van der Waals surface area contributed by atoms with E-state index in [0.717, 1.165) is 129 Å². The first kappa shape index (κ1) is 77.9. The van der Waals surface area contributed by atoms with Gasteiger partial charge in [0.15, 0.2) is 0 Å². The summed E-state index contributed by atoms with van der Waals surface area (Å²) in [6, 6.07) is 100. The lowest BCUT2D eigenvalue weighted by atomic mass is 9.71. The second-order valence-electron chi connectivity index (χ2n) is 38.1. The van der Waals surface area contributed by atoms with Crippen LogP contribution >= 0.6 is 47.8 Å². The van der Waals surface area contributed by atoms with Gasteiger partial charge in [0.05, 0.1) is 0 Å². The summed E-state index contributed by atoms with van der Waals surface area (Å²) in [4.78, 5) is 0. The van der Waals surface area contributed by atoms with E-state index in [0.29, 0.717) is 11.0 Å². The van der Waals surface area contributed by atoms with E-state index in [2.05, 4.69) is 367 Å². The number of fused-ring (bicyclic) bond motifs is 36. The molecule has 0 radical (unpaired) electrons. The smallest absolute Gasteiger partial charge is 0.456 e. The van der Waals surface area contributed by atoms with Gasteiger partial charge in [-0.25, -0.2) is 0 Å². The van der Waals surface area contributed by atoms with Gasteiger partial charge in [0.1, 0.15) is 44.7 Å². The molecule has 0 aliphatic heterocycles. The van der Waals surface area contributed by atoms with E-state index in [-0.39, 0.29) is 39.9 Å². The minimum Gasteiger partial charge on any atom is -0.456 e. The Morgan fingerprint density at radius 3 is 0.704 bits per heavy atom. The number of benzene rings is 16. The van der Waals surface area contributed by atoms with Gasteiger partial charge in [0.25, 0.3) is 0 Å². The number of rotatable bonds is 4. The van der Waals surface area contributed by atoms with Crippen molar-refractivity contribution in [3.8, 4) is 100 Å². The Kier molecular flexibility index (Phi) is 16.7. The molecule has 0 saturated carbocycles. The van der Waals surface area contributed by atoms with Crippen LogP contribution in [0, 0.1) is 0 Å². The molecule has 608 valence electrons. The van der Waals surface area contributed by atoms with Crippen molar-refractivity contribution in [2.45, 2.75) is 123 Å². The van der Waals surface area contributed by atoms with E-state index in [4.69, 9.17) is 17.7 Å². The van der Waals surface area contributed by atoms with Crippen molar-refractivity contribution in [1.29, 1.82) is 0 Å². The molecule has 125 heavy (non-hydrogen) atoms. The molecule has 6 aliphatic rings. The molecule has 0 amide bonds. The maximum absolute atomic E-state index is 9.24. The summed E-state index contributed by atoms with van der Waals surface area (Å²) in [6.45, 7) is 29.3. The Morgan fingerprint density at radius 2 is 0.440 bits per heavy atom. The first-order valence-electron chi connectivity index (χ1n) is 43.0. The lowest BCUT2D eigenvalue weighted by molar-refractivity contribution is 0.425. The highest BCUT2D eigenvalue weighted by Gasteiger charge is 2.55. The summed E-state index contributed by atoms with van der Waals surface area (Å²) in [5.41, 5.74) is 46.3. The van der Waals surface area contributed by atoms with Crippen molar-refractivity contribution in [3.05, 3.63) is 359 Å². The highest BCUT2D eigenvalue weighted by atomic mass is 79.9. The Morgan fingerprint density at radius 1 is 0.224 bits per heavy atom. The molecule has 20 aromatic rings. The zero-order chi connectivity index (χ0) is 84.8. The first-order chi connectivity index (χ1) is 59.6. The SMILES string of the molecule is C.CC1(C)c2ccc(-c3cccc4c3oc3ccccc34)cc2-c2c1c1c(c3c2C(C)(C)c2ccc(-c4cccc5c4oc4ccccc45)cc2-3)C(C)(C)c2ccc(-c3cccc4c3oc3ccccc34)cc2-1.CC1(C)c2ccc(Br)cc2-c2c1c1c(c3c2C(C)(C)c2ccc(Br)cc2-3)C(C)(C)c2ccc(Br)cc2-1.OB(O)c1cccc2c1oc1ccccc12. The molecular formula is C115H88BBr3O6. The number of hydrogen-bond donors (Lipinski definition) is 2. The van der Waals surface area contributed by atoms with Crippen LogP contribution in [0.1, 0.15) is 157 Å². The van der Waals surface area contributed by atoms with Crippen molar-refractivity contribution in [1.82, 2.24) is 0 Å². The topological polar surface area (TPSA) is 93.0 Å². The van der Waals surface area contributed by atoms with Crippen LogP contribution in [0.4, 0.5) is 0 Å². The lowest BCUT2D eigenvalue weighted by Gasteiger charge is -2.31. The van der Waals surface area contributed by atoms with Crippen LogP contribution in [0.2, 0.25) is 0 Å². The Bertz CT molecular complexity index is 7500. The van der Waals surface area contributed by atoms with E-state index in [9.17, 15) is 10.0 Å². The Labute approximate surface area is 752 Å². The quantitative estimate of drug-likeness (QED) is 0.171. The molecule has 10 heteroatoms. The van der Waals surface area contributed by atoms with Gasteiger partial charge >= 0.3 is 7.12 Å². The summed E-state index contributed by atoms with van der Waals surface area (Å²) >= 11 is 11.4. The van der Waals surface area contributed by atoms with Gasteiger partial charge in [-0.3, -0.25) is 0 Å². The summed E-state index contributed by atoms with van der Waals surface area (Å²) in [5.74, 6) is 0. The third-order valence-corrected chi connectivity index (χ3v) is 30.7. The fraction of sp³-hybridized carbons (Fsp3) is 0.165. The van der Waals surface area contributed by atoms with Gasteiger partial charge in [0, 0.05) is 111 Å². The summed E-state index contributed by atoms with van der Waals surface area (Å²) in [6.07, 6.45) is 0. The molecule has 0 fully saturated rings. The van der Waals surface area contributed by atoms with Gasteiger partial charge in [-0.1, -0.05) is 338 Å². The number of hydrogen-bond acceptors (Lipinski definition) is 6. The van der Waals surface area contributed by atoms with Crippen LogP contribution in [-0.2, 0) is 32.5 Å². The van der Waals surface area contributed by atoms with Crippen molar-refractivity contribution in [2.75, 3.05) is 0 Å². The van der Waals surface area contributed by atoms with Gasteiger partial charge < -0.3 is 27.7 Å². The van der Waals surface area contributed by atoms with Gasteiger partial charge in [-0.05, 0) is 229 Å². The molecule has 4 heterocycles. The second kappa shape index (κ2) is 26.9. The minimum atomic E-state index is -1.51. The predicted molar refractivity (Wildman–Crippen MR) is 530 cm³/mol. The third kappa shape index (κ3) is 10.6. The molecule has 2 N–H and O–H groups in total. The highest BCUT2D eigenvalue weighted by molar-refractivity contribution is 9.11. The monoisotopic (exact) mass is 1810 g/mol. The third-order valence-electron chi connectivity index (χ3n) is 29.3. The second-order valence-corrected chi connectivity index (χ2v) is 40.9. The van der Waals surface area contributed by atoms with E-state index in [1.165, 1.54) is 134 Å². The molecular weight excluding hydrogens is 1730 g/mol. The fourth-order valence-electron chi connectivity index (χ4n) is 23.8. The summed E-state index contributed by atoms with van der Waals surface area (Å²) in [7, 11) is -1.51. The van der Waals surface area contributed by atoms with Crippen molar-refractivity contribution >= 4 is 148 Å². The van der Waals surface area contributed by atoms with E-state index >= 15 is 0 Å². The largest absolute Gasteiger partial charge is 0.492 e. The highest BCUT2D eigenvalue weighted by Crippen LogP contribution is 2.71. The van der Waals surface area contributed by atoms with Crippen molar-refractivity contribution in [3.63, 3.8) is 0 Å². The Hall–Kier alpha value is -11.9. The molecule has 4 aromatic heterocycles. The fourth-order valence-corrected chi connectivity index (χ4v) is 24.8. The molecule has 0 saturated heterocycles. The molecule has 26 rings (SSSR count). The van der Waals surface area contributed by atoms with Crippen molar-refractivity contribution in [2.24, 2.45) is 0 Å². The molecule has 6 aliphatic carbocycles. The predicted octanol–water partition coefficient (Wildman–Crippen LogP) is 32.1. The lowest BCUT2D eigenvalue weighted by Crippen LogP contribution is -2.29. The maximum Gasteiger partial charge on any atom is 0.492 e. The first-order valence-corrected chi connectivity index (χ1v) is 45.3. The molecule has 0 unspecified atom stereocenters. The van der Waals surface area contributed by atoms with Crippen LogP contribution in [0.3, 0.4) is 0 Å². The van der Waals surface area contributed by atoms with Gasteiger partial charge in [-0.15, -0.1) is 0 Å². The Balaban J connectivity index is 0.000000140. The summed E-state index contributed by atoms with van der Waals surface area (Å²) < 4.78 is 29.2. The number of furan rings is 4.